The van der Waals surface area contributed by atoms with Crippen LogP contribution in [0.15, 0.2) is 46.3 Å². The minimum Gasteiger partial charge on any atom is -0.395 e. The first kappa shape index (κ1) is 13.7. The Kier molecular flexibility index (Phi) is 4.56. The summed E-state index contributed by atoms with van der Waals surface area (Å²) in [6.45, 7) is 0.482. The van der Waals surface area contributed by atoms with E-state index in [4.69, 9.17) is 5.73 Å². The normalized spacial score (nSPS) is 14.4. The second-order valence-electron chi connectivity index (χ2n) is 4.38. The molecule has 0 fully saturated rings. The van der Waals surface area contributed by atoms with Crippen LogP contribution in [0, 0.1) is 0 Å². The van der Waals surface area contributed by atoms with Gasteiger partial charge in [0.1, 0.15) is 0 Å². The van der Waals surface area contributed by atoms with Gasteiger partial charge >= 0.3 is 0 Å². The maximum Gasteiger partial charge on any atom is 0.0543 e. The van der Waals surface area contributed by atoms with Gasteiger partial charge in [0.05, 0.1) is 6.61 Å². The fourth-order valence-electron chi connectivity index (χ4n) is 2.05. The van der Waals surface area contributed by atoms with Crippen LogP contribution >= 0.6 is 27.3 Å². The molecule has 0 aliphatic carbocycles. The van der Waals surface area contributed by atoms with E-state index in [1.54, 1.807) is 11.3 Å². The third-order valence-corrected chi connectivity index (χ3v) is 5.20. The van der Waals surface area contributed by atoms with Crippen LogP contribution in [0.25, 0.3) is 0 Å². The van der Waals surface area contributed by atoms with Crippen LogP contribution < -0.4 is 5.73 Å². The molecular formula is C14H16BrNOS. The number of benzene rings is 1. The van der Waals surface area contributed by atoms with E-state index in [2.05, 4.69) is 15.9 Å². The second-order valence-corrected chi connectivity index (χ2v) is 6.23. The summed E-state index contributed by atoms with van der Waals surface area (Å²) in [5, 5.41) is 11.9. The van der Waals surface area contributed by atoms with Crippen molar-refractivity contribution in [3.05, 3.63) is 56.7 Å². The van der Waals surface area contributed by atoms with Crippen molar-refractivity contribution in [3.63, 3.8) is 0 Å². The lowest BCUT2D eigenvalue weighted by Gasteiger charge is -2.31. The third kappa shape index (κ3) is 2.67. The van der Waals surface area contributed by atoms with E-state index in [0.29, 0.717) is 6.54 Å². The minimum absolute atomic E-state index is 0.0534. The number of hydrogen-bond donors (Lipinski definition) is 2. The molecule has 1 unspecified atom stereocenters. The number of aliphatic hydroxyl groups excluding tert-OH is 1. The molecule has 1 aromatic heterocycles. The molecule has 0 spiro atoms. The van der Waals surface area contributed by atoms with E-state index < -0.39 is 5.41 Å². The summed E-state index contributed by atoms with van der Waals surface area (Å²) < 4.78 is 1.09. The van der Waals surface area contributed by atoms with Crippen LogP contribution in [0.5, 0.6) is 0 Å². The Morgan fingerprint density at radius 3 is 2.44 bits per heavy atom. The molecule has 18 heavy (non-hydrogen) atoms. The fourth-order valence-corrected chi connectivity index (χ4v) is 3.69. The molecule has 0 saturated carbocycles. The van der Waals surface area contributed by atoms with Crippen molar-refractivity contribution < 1.29 is 5.11 Å². The van der Waals surface area contributed by atoms with Crippen LogP contribution in [-0.4, -0.2) is 18.3 Å². The van der Waals surface area contributed by atoms with E-state index in [1.165, 1.54) is 4.88 Å². The summed E-state index contributed by atoms with van der Waals surface area (Å²) in [5.74, 6) is 0. The molecule has 4 heteroatoms. The average molecular weight is 326 g/mol. The number of rotatable bonds is 5. The summed E-state index contributed by atoms with van der Waals surface area (Å²) >= 11 is 5.23. The zero-order valence-corrected chi connectivity index (χ0v) is 12.4. The highest BCUT2D eigenvalue weighted by Gasteiger charge is 2.31. The second kappa shape index (κ2) is 5.97. The van der Waals surface area contributed by atoms with Crippen molar-refractivity contribution in [3.8, 4) is 0 Å². The van der Waals surface area contributed by atoms with Crippen LogP contribution in [0.4, 0.5) is 0 Å². The van der Waals surface area contributed by atoms with Crippen LogP contribution in [-0.2, 0) is 11.8 Å². The maximum atomic E-state index is 9.83. The number of nitrogens with two attached hydrogens (primary N) is 1. The number of hydrogen-bond acceptors (Lipinski definition) is 3. The van der Waals surface area contributed by atoms with Crippen molar-refractivity contribution in [1.29, 1.82) is 0 Å². The molecule has 0 amide bonds. The smallest absolute Gasteiger partial charge is 0.0543 e. The summed E-state index contributed by atoms with van der Waals surface area (Å²) in [4.78, 5) is 1.22. The van der Waals surface area contributed by atoms with E-state index in [0.717, 1.165) is 16.5 Å². The van der Waals surface area contributed by atoms with Gasteiger partial charge in [-0.05, 0) is 39.4 Å². The average Bonchev–Trinajstić information content (AvgIpc) is 2.82. The lowest BCUT2D eigenvalue weighted by Crippen LogP contribution is -2.40. The van der Waals surface area contributed by atoms with Gasteiger partial charge in [-0.15, -0.1) is 11.3 Å². The van der Waals surface area contributed by atoms with Gasteiger partial charge in [-0.1, -0.05) is 30.3 Å². The monoisotopic (exact) mass is 325 g/mol. The molecular weight excluding hydrogens is 310 g/mol. The Hall–Kier alpha value is -0.680. The van der Waals surface area contributed by atoms with Gasteiger partial charge < -0.3 is 10.8 Å². The molecule has 0 bridgehead atoms. The molecule has 3 N–H and O–H groups in total. The molecule has 96 valence electrons. The summed E-state index contributed by atoms with van der Waals surface area (Å²) in [5.41, 5.74) is 6.64. The van der Waals surface area contributed by atoms with Gasteiger partial charge in [0, 0.05) is 21.3 Å². The molecule has 1 heterocycles. The van der Waals surface area contributed by atoms with Gasteiger partial charge in [-0.2, -0.15) is 0 Å². The molecule has 0 radical (unpaired) electrons. The van der Waals surface area contributed by atoms with Crippen LogP contribution in [0.3, 0.4) is 0 Å². The Bertz CT molecular complexity index is 494. The van der Waals surface area contributed by atoms with Gasteiger partial charge in [0.25, 0.3) is 0 Å². The maximum absolute atomic E-state index is 9.83. The number of aliphatic hydroxyl groups is 1. The van der Waals surface area contributed by atoms with Gasteiger partial charge in [-0.3, -0.25) is 0 Å². The van der Waals surface area contributed by atoms with Crippen molar-refractivity contribution in [2.75, 3.05) is 13.2 Å². The van der Waals surface area contributed by atoms with Crippen LogP contribution in [0.2, 0.25) is 0 Å². The first-order valence-corrected chi connectivity index (χ1v) is 7.47. The van der Waals surface area contributed by atoms with E-state index in [9.17, 15) is 5.11 Å². The first-order chi connectivity index (χ1) is 8.72. The van der Waals surface area contributed by atoms with Gasteiger partial charge in [-0.25, -0.2) is 0 Å². The lowest BCUT2D eigenvalue weighted by atomic mass is 9.78. The zero-order valence-electron chi connectivity index (χ0n) is 9.97. The summed E-state index contributed by atoms with van der Waals surface area (Å²) in [6.07, 6.45) is 0.752. The highest BCUT2D eigenvalue weighted by Crippen LogP contribution is 2.33. The Morgan fingerprint density at radius 1 is 1.22 bits per heavy atom. The topological polar surface area (TPSA) is 46.2 Å². The molecule has 0 saturated heterocycles. The Morgan fingerprint density at radius 2 is 1.94 bits per heavy atom. The quantitative estimate of drug-likeness (QED) is 0.887. The van der Waals surface area contributed by atoms with Crippen molar-refractivity contribution >= 4 is 27.3 Å². The molecule has 1 atom stereocenters. The summed E-state index contributed by atoms with van der Waals surface area (Å²) in [7, 11) is 0. The van der Waals surface area contributed by atoms with E-state index in [1.807, 2.05) is 41.8 Å². The molecule has 2 nitrogen and oxygen atoms in total. The van der Waals surface area contributed by atoms with Gasteiger partial charge in [0.15, 0.2) is 0 Å². The Balaban J connectivity index is 2.36. The predicted octanol–water partition coefficient (Wildman–Crippen LogP) is 2.94. The molecule has 2 aromatic rings. The molecule has 0 aliphatic rings. The van der Waals surface area contributed by atoms with E-state index in [-0.39, 0.29) is 6.61 Å². The Labute approximate surface area is 120 Å². The van der Waals surface area contributed by atoms with Gasteiger partial charge in [0.2, 0.25) is 0 Å². The van der Waals surface area contributed by atoms with Crippen molar-refractivity contribution in [2.24, 2.45) is 5.73 Å². The zero-order chi connectivity index (χ0) is 13.0. The molecule has 0 aliphatic heterocycles. The minimum atomic E-state index is -0.394. The van der Waals surface area contributed by atoms with Crippen molar-refractivity contribution in [2.45, 2.75) is 11.8 Å². The molecule has 1 aromatic carbocycles. The third-order valence-electron chi connectivity index (χ3n) is 3.27. The fraction of sp³-hybridized carbons (Fsp3) is 0.286. The standard InChI is InChI=1S/C14H16BrNOS/c15-12-6-7-18-13(12)8-14(9-16,10-17)11-4-2-1-3-5-11/h1-7,17H,8-10,16H2. The predicted molar refractivity (Wildman–Crippen MR) is 80.0 cm³/mol. The highest BCUT2D eigenvalue weighted by atomic mass is 79.9. The SMILES string of the molecule is NCC(CO)(Cc1sccc1Br)c1ccccc1. The lowest BCUT2D eigenvalue weighted by molar-refractivity contribution is 0.196. The first-order valence-electron chi connectivity index (χ1n) is 5.80. The largest absolute Gasteiger partial charge is 0.395 e. The number of thiophene rings is 1. The van der Waals surface area contributed by atoms with E-state index >= 15 is 0 Å². The highest BCUT2D eigenvalue weighted by molar-refractivity contribution is 9.10. The summed E-state index contributed by atoms with van der Waals surface area (Å²) in [6, 6.07) is 12.0. The number of halogens is 1. The van der Waals surface area contributed by atoms with Crippen LogP contribution in [0.1, 0.15) is 10.4 Å². The molecule has 2 rings (SSSR count). The van der Waals surface area contributed by atoms with Crippen molar-refractivity contribution in [1.82, 2.24) is 0 Å².